The molecule has 0 N–H and O–H groups in total. The molecule has 0 bridgehead atoms. The lowest BCUT2D eigenvalue weighted by Gasteiger charge is -2.34. The zero-order valence-electron chi connectivity index (χ0n) is 11.9. The van der Waals surface area contributed by atoms with Gasteiger partial charge in [-0.25, -0.2) is 12.7 Å². The first-order valence-corrected chi connectivity index (χ1v) is 8.79. The molecule has 2 heterocycles. The Kier molecular flexibility index (Phi) is 5.40. The molecule has 0 radical (unpaired) electrons. The largest absolute Gasteiger partial charge is 0.466 e. The molecule has 7 heteroatoms. The predicted octanol–water partition coefficient (Wildman–Crippen LogP) is 0.770. The summed E-state index contributed by atoms with van der Waals surface area (Å²) in [5.74, 6) is -0.355. The van der Waals surface area contributed by atoms with Crippen molar-refractivity contribution in [1.82, 2.24) is 4.31 Å². The molecule has 2 aliphatic heterocycles. The highest BCUT2D eigenvalue weighted by Crippen LogP contribution is 2.26. The van der Waals surface area contributed by atoms with E-state index in [9.17, 15) is 13.2 Å². The summed E-state index contributed by atoms with van der Waals surface area (Å²) in [5.41, 5.74) is 0. The predicted molar refractivity (Wildman–Crippen MR) is 73.7 cm³/mol. The smallest absolute Gasteiger partial charge is 0.309 e. The average Bonchev–Trinajstić information content (AvgIpc) is 2.48. The van der Waals surface area contributed by atoms with Crippen LogP contribution in [0.5, 0.6) is 0 Å². The van der Waals surface area contributed by atoms with Crippen molar-refractivity contribution in [3.63, 3.8) is 0 Å². The monoisotopic (exact) mass is 305 g/mol. The van der Waals surface area contributed by atoms with Gasteiger partial charge in [0.1, 0.15) is 0 Å². The zero-order chi connectivity index (χ0) is 14.6. The van der Waals surface area contributed by atoms with Gasteiger partial charge in [-0.3, -0.25) is 4.79 Å². The number of sulfonamides is 1. The van der Waals surface area contributed by atoms with E-state index in [1.54, 1.807) is 11.2 Å². The van der Waals surface area contributed by atoms with Gasteiger partial charge in [0.05, 0.1) is 17.8 Å². The molecule has 2 fully saturated rings. The van der Waals surface area contributed by atoms with Crippen LogP contribution < -0.4 is 0 Å². The van der Waals surface area contributed by atoms with Gasteiger partial charge in [-0.05, 0) is 32.6 Å². The number of piperidine rings is 1. The summed E-state index contributed by atoms with van der Waals surface area (Å²) in [6.07, 6.45) is 2.25. The van der Waals surface area contributed by atoms with Crippen LogP contribution in [-0.2, 0) is 24.3 Å². The van der Waals surface area contributed by atoms with Gasteiger partial charge in [-0.15, -0.1) is 0 Å². The van der Waals surface area contributed by atoms with Crippen molar-refractivity contribution in [3.8, 4) is 0 Å². The second-order valence-corrected chi connectivity index (χ2v) is 7.50. The first-order valence-electron chi connectivity index (χ1n) is 7.29. The van der Waals surface area contributed by atoms with Crippen LogP contribution in [0.1, 0.15) is 32.6 Å². The molecular weight excluding hydrogens is 282 g/mol. The SMILES string of the molecule is CCOC(=O)C1CCN(S(=O)(=O)C2CCOCC2)CC1. The molecule has 0 amide bonds. The maximum absolute atomic E-state index is 12.5. The van der Waals surface area contributed by atoms with Crippen LogP contribution in [0.2, 0.25) is 0 Å². The lowest BCUT2D eigenvalue weighted by atomic mass is 9.98. The van der Waals surface area contributed by atoms with Gasteiger partial charge in [0.15, 0.2) is 0 Å². The van der Waals surface area contributed by atoms with Crippen molar-refractivity contribution in [3.05, 3.63) is 0 Å². The summed E-state index contributed by atoms with van der Waals surface area (Å²) in [5, 5.41) is -0.324. The van der Waals surface area contributed by atoms with E-state index in [0.29, 0.717) is 58.6 Å². The number of carbonyl (C=O) groups excluding carboxylic acids is 1. The van der Waals surface area contributed by atoms with Gasteiger partial charge in [0, 0.05) is 26.3 Å². The van der Waals surface area contributed by atoms with Gasteiger partial charge in [0.2, 0.25) is 10.0 Å². The maximum Gasteiger partial charge on any atom is 0.309 e. The number of nitrogens with zero attached hydrogens (tertiary/aromatic N) is 1. The van der Waals surface area contributed by atoms with Crippen LogP contribution in [-0.4, -0.2) is 56.9 Å². The van der Waals surface area contributed by atoms with Crippen LogP contribution in [0.4, 0.5) is 0 Å². The molecule has 0 unspecified atom stereocenters. The van der Waals surface area contributed by atoms with Crippen molar-refractivity contribution >= 4 is 16.0 Å². The minimum absolute atomic E-state index is 0.156. The number of hydrogen-bond acceptors (Lipinski definition) is 5. The van der Waals surface area contributed by atoms with Crippen molar-refractivity contribution in [2.24, 2.45) is 5.92 Å². The van der Waals surface area contributed by atoms with Crippen molar-refractivity contribution in [2.45, 2.75) is 37.9 Å². The molecule has 116 valence electrons. The van der Waals surface area contributed by atoms with Gasteiger partial charge in [-0.2, -0.15) is 0 Å². The standard InChI is InChI=1S/C13H23NO5S/c1-2-19-13(15)11-3-7-14(8-4-11)20(16,17)12-5-9-18-10-6-12/h11-12H,2-10H2,1H3. The maximum atomic E-state index is 12.5. The Hall–Kier alpha value is -0.660. The first-order chi connectivity index (χ1) is 9.55. The van der Waals surface area contributed by atoms with E-state index in [4.69, 9.17) is 9.47 Å². The van der Waals surface area contributed by atoms with E-state index in [1.165, 1.54) is 0 Å². The third kappa shape index (κ3) is 3.51. The summed E-state index contributed by atoms with van der Waals surface area (Å²) in [6.45, 7) is 4.03. The summed E-state index contributed by atoms with van der Waals surface area (Å²) in [6, 6.07) is 0. The second kappa shape index (κ2) is 6.87. The highest BCUT2D eigenvalue weighted by molar-refractivity contribution is 7.89. The van der Waals surface area contributed by atoms with E-state index in [1.807, 2.05) is 0 Å². The van der Waals surface area contributed by atoms with Gasteiger partial charge in [-0.1, -0.05) is 0 Å². The van der Waals surface area contributed by atoms with E-state index in [-0.39, 0.29) is 17.1 Å². The summed E-state index contributed by atoms with van der Waals surface area (Å²) < 4.78 is 36.7. The van der Waals surface area contributed by atoms with Gasteiger partial charge >= 0.3 is 5.97 Å². The fraction of sp³-hybridized carbons (Fsp3) is 0.923. The molecule has 0 aromatic rings. The first kappa shape index (κ1) is 15.7. The van der Waals surface area contributed by atoms with Crippen LogP contribution in [0, 0.1) is 5.92 Å². The molecule has 0 atom stereocenters. The Morgan fingerprint density at radius 3 is 2.35 bits per heavy atom. The molecule has 0 spiro atoms. The fourth-order valence-corrected chi connectivity index (χ4v) is 4.72. The van der Waals surface area contributed by atoms with Crippen LogP contribution in [0.3, 0.4) is 0 Å². The minimum atomic E-state index is -3.25. The quantitative estimate of drug-likeness (QED) is 0.717. The number of esters is 1. The van der Waals surface area contributed by atoms with E-state index in [2.05, 4.69) is 0 Å². The van der Waals surface area contributed by atoms with E-state index >= 15 is 0 Å². The van der Waals surface area contributed by atoms with Crippen LogP contribution >= 0.6 is 0 Å². The lowest BCUT2D eigenvalue weighted by molar-refractivity contribution is -0.149. The third-order valence-corrected chi connectivity index (χ3v) is 6.42. The third-order valence-electron chi connectivity index (χ3n) is 4.02. The molecule has 20 heavy (non-hydrogen) atoms. The second-order valence-electron chi connectivity index (χ2n) is 5.28. The number of carbonyl (C=O) groups is 1. The van der Waals surface area contributed by atoms with Gasteiger partial charge < -0.3 is 9.47 Å². The Balaban J connectivity index is 1.90. The number of ether oxygens (including phenoxy) is 2. The molecule has 0 aromatic carbocycles. The zero-order valence-corrected chi connectivity index (χ0v) is 12.7. The summed E-state index contributed by atoms with van der Waals surface area (Å²) >= 11 is 0. The molecule has 0 aliphatic carbocycles. The van der Waals surface area contributed by atoms with Gasteiger partial charge in [0.25, 0.3) is 0 Å². The molecule has 2 saturated heterocycles. The molecule has 6 nitrogen and oxygen atoms in total. The minimum Gasteiger partial charge on any atom is -0.466 e. The summed E-state index contributed by atoms with van der Waals surface area (Å²) in [7, 11) is -3.25. The van der Waals surface area contributed by atoms with Crippen LogP contribution in [0.25, 0.3) is 0 Å². The van der Waals surface area contributed by atoms with Crippen molar-refractivity contribution < 1.29 is 22.7 Å². The lowest BCUT2D eigenvalue weighted by Crippen LogP contribution is -2.46. The van der Waals surface area contributed by atoms with Crippen molar-refractivity contribution in [2.75, 3.05) is 32.9 Å². The Morgan fingerprint density at radius 1 is 1.20 bits per heavy atom. The normalized spacial score (nSPS) is 23.6. The summed E-state index contributed by atoms with van der Waals surface area (Å²) in [4.78, 5) is 11.6. The van der Waals surface area contributed by atoms with E-state index in [0.717, 1.165) is 0 Å². The van der Waals surface area contributed by atoms with Crippen LogP contribution in [0.15, 0.2) is 0 Å². The molecule has 2 rings (SSSR count). The Bertz CT molecular complexity index is 422. The average molecular weight is 305 g/mol. The van der Waals surface area contributed by atoms with Crippen molar-refractivity contribution in [1.29, 1.82) is 0 Å². The fourth-order valence-electron chi connectivity index (χ4n) is 2.79. The number of rotatable bonds is 4. The Morgan fingerprint density at radius 2 is 1.80 bits per heavy atom. The van der Waals surface area contributed by atoms with E-state index < -0.39 is 10.0 Å². The highest BCUT2D eigenvalue weighted by Gasteiger charge is 2.37. The topological polar surface area (TPSA) is 72.9 Å². The molecule has 2 aliphatic rings. The molecule has 0 aromatic heterocycles. The number of hydrogen-bond donors (Lipinski definition) is 0. The Labute approximate surface area is 120 Å². The molecule has 0 saturated carbocycles. The molecular formula is C13H23NO5S. The highest BCUT2D eigenvalue weighted by atomic mass is 32.2.